The highest BCUT2D eigenvalue weighted by Crippen LogP contribution is 2.26. The number of benzene rings is 2. The van der Waals surface area contributed by atoms with E-state index in [2.05, 4.69) is 26.9 Å². The molecule has 1 atom stereocenters. The molecule has 1 N–H and O–H groups in total. The number of nitrogens with zero attached hydrogens (tertiary/aromatic N) is 4. The highest BCUT2D eigenvalue weighted by Gasteiger charge is 2.16. The fraction of sp³-hybridized carbons (Fsp3) is 0.263. The molecule has 0 saturated carbocycles. The second kappa shape index (κ2) is 8.94. The summed E-state index contributed by atoms with van der Waals surface area (Å²) in [5.74, 6) is 0.0413. The second-order valence-corrected chi connectivity index (χ2v) is 8.19. The smallest absolute Gasteiger partial charge is 0.230 e. The molecule has 146 valence electrons. The van der Waals surface area contributed by atoms with E-state index in [1.165, 1.54) is 11.8 Å². The minimum absolute atomic E-state index is 0.140. The Hall–Kier alpha value is -2.09. The Kier molecular flexibility index (Phi) is 6.59. The lowest BCUT2D eigenvalue weighted by Gasteiger charge is -2.16. The molecular formula is C19H19Cl2N5OS. The van der Waals surface area contributed by atoms with Crippen LogP contribution in [0.1, 0.15) is 29.7 Å². The van der Waals surface area contributed by atoms with Gasteiger partial charge in [-0.3, -0.25) is 4.79 Å². The van der Waals surface area contributed by atoms with Crippen molar-refractivity contribution in [2.45, 2.75) is 32.0 Å². The highest BCUT2D eigenvalue weighted by molar-refractivity contribution is 7.99. The topological polar surface area (TPSA) is 72.7 Å². The zero-order valence-corrected chi connectivity index (χ0v) is 17.9. The number of hydrogen-bond donors (Lipinski definition) is 1. The zero-order chi connectivity index (χ0) is 20.3. The molecule has 0 aliphatic heterocycles. The van der Waals surface area contributed by atoms with E-state index in [0.29, 0.717) is 15.2 Å². The number of carbonyl (C=O) groups is 1. The minimum atomic E-state index is -0.242. The number of aryl methyl sites for hydroxylation is 2. The summed E-state index contributed by atoms with van der Waals surface area (Å²) >= 11 is 13.4. The molecule has 0 bridgehead atoms. The molecule has 1 amide bonds. The maximum absolute atomic E-state index is 12.4. The fourth-order valence-electron chi connectivity index (χ4n) is 2.81. The third-order valence-electron chi connectivity index (χ3n) is 4.16. The van der Waals surface area contributed by atoms with E-state index in [4.69, 9.17) is 23.2 Å². The van der Waals surface area contributed by atoms with E-state index in [1.807, 2.05) is 39.0 Å². The van der Waals surface area contributed by atoms with Crippen molar-refractivity contribution in [2.75, 3.05) is 5.75 Å². The van der Waals surface area contributed by atoms with Crippen LogP contribution in [0.25, 0.3) is 5.69 Å². The van der Waals surface area contributed by atoms with E-state index in [-0.39, 0.29) is 17.7 Å². The number of halogens is 2. The van der Waals surface area contributed by atoms with Crippen molar-refractivity contribution in [2.24, 2.45) is 0 Å². The van der Waals surface area contributed by atoms with Crippen molar-refractivity contribution in [3.8, 4) is 5.69 Å². The summed E-state index contributed by atoms with van der Waals surface area (Å²) in [6, 6.07) is 11.0. The van der Waals surface area contributed by atoms with E-state index in [0.717, 1.165) is 22.4 Å². The lowest BCUT2D eigenvalue weighted by atomic mass is 10.1. The van der Waals surface area contributed by atoms with Crippen molar-refractivity contribution in [1.29, 1.82) is 0 Å². The molecule has 2 aromatic carbocycles. The van der Waals surface area contributed by atoms with Crippen LogP contribution in [0.2, 0.25) is 10.0 Å². The number of hydrogen-bond acceptors (Lipinski definition) is 5. The van der Waals surface area contributed by atoms with Crippen LogP contribution in [0.4, 0.5) is 0 Å². The van der Waals surface area contributed by atoms with Crippen molar-refractivity contribution in [3.63, 3.8) is 0 Å². The van der Waals surface area contributed by atoms with Gasteiger partial charge in [-0.15, -0.1) is 5.10 Å². The van der Waals surface area contributed by atoms with E-state index in [1.54, 1.807) is 16.8 Å². The van der Waals surface area contributed by atoms with E-state index >= 15 is 0 Å². The van der Waals surface area contributed by atoms with Crippen molar-refractivity contribution < 1.29 is 4.79 Å². The van der Waals surface area contributed by atoms with Crippen molar-refractivity contribution in [1.82, 2.24) is 25.5 Å². The number of carbonyl (C=O) groups excluding carboxylic acids is 1. The molecule has 3 aromatic rings. The normalized spacial score (nSPS) is 12.0. The Balaban J connectivity index is 1.65. The molecule has 28 heavy (non-hydrogen) atoms. The van der Waals surface area contributed by atoms with Gasteiger partial charge in [0, 0.05) is 10.0 Å². The second-order valence-electron chi connectivity index (χ2n) is 6.41. The van der Waals surface area contributed by atoms with Gasteiger partial charge in [0.2, 0.25) is 11.1 Å². The molecule has 0 spiro atoms. The summed E-state index contributed by atoms with van der Waals surface area (Å²) in [6.45, 7) is 5.91. The van der Waals surface area contributed by atoms with Crippen LogP contribution in [0.5, 0.6) is 0 Å². The number of rotatable bonds is 6. The molecular weight excluding hydrogens is 417 g/mol. The number of thioether (sulfide) groups is 1. The van der Waals surface area contributed by atoms with Gasteiger partial charge >= 0.3 is 0 Å². The Morgan fingerprint density at radius 1 is 1.21 bits per heavy atom. The first-order valence-corrected chi connectivity index (χ1v) is 10.3. The molecule has 1 heterocycles. The minimum Gasteiger partial charge on any atom is -0.349 e. The van der Waals surface area contributed by atoms with Gasteiger partial charge in [0.25, 0.3) is 0 Å². The molecule has 0 saturated heterocycles. The molecule has 0 fully saturated rings. The van der Waals surface area contributed by atoms with Crippen LogP contribution in [-0.2, 0) is 4.79 Å². The summed E-state index contributed by atoms with van der Waals surface area (Å²) in [5.41, 5.74) is 3.92. The van der Waals surface area contributed by atoms with Gasteiger partial charge in [-0.05, 0) is 60.5 Å². The van der Waals surface area contributed by atoms with Crippen LogP contribution in [-0.4, -0.2) is 31.9 Å². The Labute approximate surface area is 177 Å². The Bertz CT molecular complexity index is 1010. The van der Waals surface area contributed by atoms with Crippen molar-refractivity contribution in [3.05, 3.63) is 63.1 Å². The largest absolute Gasteiger partial charge is 0.349 e. The molecule has 0 aliphatic rings. The summed E-state index contributed by atoms with van der Waals surface area (Å²) in [7, 11) is 0. The van der Waals surface area contributed by atoms with E-state index < -0.39 is 0 Å². The van der Waals surface area contributed by atoms with Gasteiger partial charge in [0.05, 0.1) is 17.5 Å². The molecule has 3 rings (SSSR count). The summed E-state index contributed by atoms with van der Waals surface area (Å²) in [4.78, 5) is 12.4. The standard InChI is InChI=1S/C19H19Cl2N5OS/c1-11-4-7-17(12(2)8-11)26-19(23-24-25-26)28-10-18(27)22-13(3)15-6-5-14(20)9-16(15)21/h4-9,13H,10H2,1-3H3,(H,22,27)/t13-/m0/s1. The summed E-state index contributed by atoms with van der Waals surface area (Å²) < 4.78 is 1.65. The Morgan fingerprint density at radius 3 is 2.71 bits per heavy atom. The van der Waals surface area contributed by atoms with E-state index in [9.17, 15) is 4.79 Å². The number of amides is 1. The predicted octanol–water partition coefficient (Wildman–Crippen LogP) is 4.56. The maximum atomic E-state index is 12.4. The first kappa shape index (κ1) is 20.6. The molecule has 6 nitrogen and oxygen atoms in total. The van der Waals surface area contributed by atoms with Crippen LogP contribution >= 0.6 is 35.0 Å². The van der Waals surface area contributed by atoms with Crippen LogP contribution in [0.3, 0.4) is 0 Å². The molecule has 9 heteroatoms. The summed E-state index contributed by atoms with van der Waals surface area (Å²) in [5, 5.41) is 16.4. The monoisotopic (exact) mass is 435 g/mol. The first-order chi connectivity index (χ1) is 13.3. The molecule has 1 aromatic heterocycles. The third kappa shape index (κ3) is 4.84. The molecule has 0 radical (unpaired) electrons. The lowest BCUT2D eigenvalue weighted by molar-refractivity contribution is -0.119. The average Bonchev–Trinajstić information content (AvgIpc) is 3.08. The predicted molar refractivity (Wildman–Crippen MR) is 112 cm³/mol. The number of aromatic nitrogens is 4. The van der Waals surface area contributed by atoms with Crippen LogP contribution in [0.15, 0.2) is 41.6 Å². The van der Waals surface area contributed by atoms with Gasteiger partial charge in [-0.25, -0.2) is 0 Å². The average molecular weight is 436 g/mol. The van der Waals surface area contributed by atoms with Gasteiger partial charge in [-0.2, -0.15) is 4.68 Å². The van der Waals surface area contributed by atoms with Gasteiger partial charge in [-0.1, -0.05) is 58.7 Å². The van der Waals surface area contributed by atoms with Crippen LogP contribution < -0.4 is 5.32 Å². The quantitative estimate of drug-likeness (QED) is 0.574. The SMILES string of the molecule is Cc1ccc(-n2nnnc2SCC(=O)N[C@@H](C)c2ccc(Cl)cc2Cl)c(C)c1. The fourth-order valence-corrected chi connectivity index (χ4v) is 4.07. The lowest BCUT2D eigenvalue weighted by Crippen LogP contribution is -2.28. The highest BCUT2D eigenvalue weighted by atomic mass is 35.5. The first-order valence-electron chi connectivity index (χ1n) is 8.58. The van der Waals surface area contributed by atoms with Crippen LogP contribution in [0, 0.1) is 13.8 Å². The van der Waals surface area contributed by atoms with Gasteiger partial charge < -0.3 is 5.32 Å². The Morgan fingerprint density at radius 2 is 2.00 bits per heavy atom. The summed E-state index contributed by atoms with van der Waals surface area (Å²) in [6.07, 6.45) is 0. The zero-order valence-electron chi connectivity index (χ0n) is 15.6. The number of nitrogens with one attached hydrogen (secondary N) is 1. The molecule has 0 unspecified atom stereocenters. The third-order valence-corrected chi connectivity index (χ3v) is 5.64. The van der Waals surface area contributed by atoms with Gasteiger partial charge in [0.1, 0.15) is 0 Å². The maximum Gasteiger partial charge on any atom is 0.230 e. The van der Waals surface area contributed by atoms with Crippen molar-refractivity contribution >= 4 is 40.9 Å². The molecule has 0 aliphatic carbocycles. The number of tetrazole rings is 1. The van der Waals surface area contributed by atoms with Gasteiger partial charge in [0.15, 0.2) is 0 Å².